The third-order valence-corrected chi connectivity index (χ3v) is 6.32. The number of hydrogen-bond acceptors (Lipinski definition) is 5. The molecule has 0 spiro atoms. The summed E-state index contributed by atoms with van der Waals surface area (Å²) in [6.45, 7) is 1.19. The van der Waals surface area contributed by atoms with Crippen molar-refractivity contribution in [2.75, 3.05) is 36.2 Å². The van der Waals surface area contributed by atoms with Gasteiger partial charge in [-0.25, -0.2) is 13.4 Å². The van der Waals surface area contributed by atoms with Crippen molar-refractivity contribution in [1.82, 2.24) is 9.29 Å². The van der Waals surface area contributed by atoms with Gasteiger partial charge in [-0.3, -0.25) is 14.5 Å². The van der Waals surface area contributed by atoms with Crippen molar-refractivity contribution in [1.29, 1.82) is 0 Å². The van der Waals surface area contributed by atoms with Crippen LogP contribution < -0.4 is 9.80 Å². The van der Waals surface area contributed by atoms with Crippen LogP contribution in [0.15, 0.2) is 18.3 Å². The average Bonchev–Trinajstić information content (AvgIpc) is 2.61. The van der Waals surface area contributed by atoms with Gasteiger partial charge in [0.2, 0.25) is 21.8 Å². The van der Waals surface area contributed by atoms with Crippen molar-refractivity contribution < 1.29 is 18.0 Å². The van der Waals surface area contributed by atoms with Crippen LogP contribution in [0.2, 0.25) is 0 Å². The number of hydrogen-bond donors (Lipinski definition) is 0. The highest BCUT2D eigenvalue weighted by atomic mass is 32.2. The summed E-state index contributed by atoms with van der Waals surface area (Å²) in [4.78, 5) is 32.4. The van der Waals surface area contributed by atoms with Crippen molar-refractivity contribution in [2.24, 2.45) is 0 Å². The van der Waals surface area contributed by atoms with Crippen LogP contribution in [0.5, 0.6) is 0 Å². The van der Waals surface area contributed by atoms with Gasteiger partial charge in [-0.15, -0.1) is 0 Å². The molecule has 2 amide bonds. The molecule has 2 aliphatic rings. The summed E-state index contributed by atoms with van der Waals surface area (Å²) in [6.07, 6.45) is 6.34. The van der Waals surface area contributed by atoms with Gasteiger partial charge in [0.15, 0.2) is 0 Å². The van der Waals surface area contributed by atoms with Crippen LogP contribution in [0.4, 0.5) is 11.5 Å². The zero-order chi connectivity index (χ0) is 18.9. The molecule has 9 heteroatoms. The minimum absolute atomic E-state index is 0.0923. The molecule has 1 aromatic heterocycles. The Kier molecular flexibility index (Phi) is 5.29. The Labute approximate surface area is 153 Å². The number of sulfonamides is 1. The highest BCUT2D eigenvalue weighted by molar-refractivity contribution is 7.88. The first kappa shape index (κ1) is 18.8. The van der Waals surface area contributed by atoms with Crippen LogP contribution >= 0.6 is 0 Å². The molecule has 0 radical (unpaired) electrons. The van der Waals surface area contributed by atoms with E-state index < -0.39 is 16.1 Å². The predicted molar refractivity (Wildman–Crippen MR) is 98.4 cm³/mol. The lowest BCUT2D eigenvalue weighted by Gasteiger charge is -2.35. The molecule has 2 aliphatic heterocycles. The molecule has 142 valence electrons. The molecule has 2 fully saturated rings. The van der Waals surface area contributed by atoms with Crippen LogP contribution in [0, 0.1) is 0 Å². The predicted octanol–water partition coefficient (Wildman–Crippen LogP) is 0.985. The van der Waals surface area contributed by atoms with Gasteiger partial charge in [0.1, 0.15) is 11.9 Å². The molecule has 3 rings (SSSR count). The lowest BCUT2D eigenvalue weighted by molar-refractivity contribution is -0.123. The molecule has 1 unspecified atom stereocenters. The fourth-order valence-electron chi connectivity index (χ4n) is 3.43. The van der Waals surface area contributed by atoms with Crippen LogP contribution in [-0.2, 0) is 19.6 Å². The van der Waals surface area contributed by atoms with Gasteiger partial charge in [0.25, 0.3) is 0 Å². The quantitative estimate of drug-likeness (QED) is 0.777. The smallest absolute Gasteiger partial charge is 0.246 e. The zero-order valence-corrected chi connectivity index (χ0v) is 15.9. The number of aromatic nitrogens is 1. The van der Waals surface area contributed by atoms with E-state index in [0.717, 1.165) is 29.1 Å². The van der Waals surface area contributed by atoms with Crippen LogP contribution in [0.3, 0.4) is 0 Å². The van der Waals surface area contributed by atoms with Gasteiger partial charge < -0.3 is 4.90 Å². The molecule has 2 saturated heterocycles. The van der Waals surface area contributed by atoms with E-state index in [2.05, 4.69) is 4.98 Å². The molecule has 3 heterocycles. The van der Waals surface area contributed by atoms with Gasteiger partial charge in [-0.2, -0.15) is 4.31 Å². The third kappa shape index (κ3) is 3.73. The molecule has 0 bridgehead atoms. The second kappa shape index (κ2) is 7.32. The summed E-state index contributed by atoms with van der Waals surface area (Å²) in [7, 11) is -2.02. The van der Waals surface area contributed by atoms with E-state index in [1.807, 2.05) is 0 Å². The lowest BCUT2D eigenvalue weighted by Crippen LogP contribution is -2.53. The number of anilines is 2. The number of carbonyl (C=O) groups is 2. The Hall–Kier alpha value is -2.00. The largest absolute Gasteiger partial charge is 0.311 e. The van der Waals surface area contributed by atoms with E-state index in [-0.39, 0.29) is 11.8 Å². The number of likely N-dealkylation sites (N-methyl/N-ethyl adjacent to an activating group) is 1. The summed E-state index contributed by atoms with van der Waals surface area (Å²) in [5.74, 6) is 0.308. The summed E-state index contributed by atoms with van der Waals surface area (Å²) in [6, 6.07) is 2.81. The number of carbonyl (C=O) groups excluding carboxylic acids is 2. The molecule has 0 N–H and O–H groups in total. The fourth-order valence-corrected chi connectivity index (χ4v) is 4.09. The first-order valence-corrected chi connectivity index (χ1v) is 10.6. The lowest BCUT2D eigenvalue weighted by atomic mass is 10.0. The third-order valence-electron chi connectivity index (χ3n) is 5.02. The molecule has 8 nitrogen and oxygen atoms in total. The number of piperidine rings is 2. The second-order valence-electron chi connectivity index (χ2n) is 6.80. The molecule has 0 aliphatic carbocycles. The minimum Gasteiger partial charge on any atom is -0.311 e. The van der Waals surface area contributed by atoms with Gasteiger partial charge in [0, 0.05) is 26.6 Å². The maximum atomic E-state index is 12.8. The fraction of sp³-hybridized carbons (Fsp3) is 0.588. The van der Waals surface area contributed by atoms with Gasteiger partial charge in [-0.05, 0) is 37.8 Å². The molecule has 1 atom stereocenters. The van der Waals surface area contributed by atoms with E-state index in [1.54, 1.807) is 23.2 Å². The van der Waals surface area contributed by atoms with Crippen molar-refractivity contribution >= 4 is 33.3 Å². The summed E-state index contributed by atoms with van der Waals surface area (Å²) < 4.78 is 24.7. The van der Waals surface area contributed by atoms with E-state index >= 15 is 0 Å². The van der Waals surface area contributed by atoms with Crippen molar-refractivity contribution in [2.45, 2.75) is 38.1 Å². The number of pyridine rings is 1. The monoisotopic (exact) mass is 380 g/mol. The molecular weight excluding hydrogens is 356 g/mol. The maximum Gasteiger partial charge on any atom is 0.246 e. The Morgan fingerprint density at radius 2 is 1.85 bits per heavy atom. The standard InChI is InChI=1S/C17H24N4O4S/c1-19(26(2,24)25)14-6-5-11-21(17(14)23)15-9-8-13(12-18-15)20-10-4-3-7-16(20)22/h8-9,12,14H,3-7,10-11H2,1-2H3. The molecule has 0 saturated carbocycles. The van der Waals surface area contributed by atoms with Gasteiger partial charge in [0.05, 0.1) is 18.1 Å². The van der Waals surface area contributed by atoms with Crippen LogP contribution in [-0.4, -0.2) is 62.0 Å². The Bertz CT molecular complexity index is 793. The van der Waals surface area contributed by atoms with E-state index in [0.29, 0.717) is 38.2 Å². The molecular formula is C17H24N4O4S. The average molecular weight is 380 g/mol. The van der Waals surface area contributed by atoms with Crippen LogP contribution in [0.25, 0.3) is 0 Å². The normalized spacial score (nSPS) is 22.2. The number of amides is 2. The maximum absolute atomic E-state index is 12.8. The highest BCUT2D eigenvalue weighted by Gasteiger charge is 2.36. The van der Waals surface area contributed by atoms with Crippen molar-refractivity contribution in [3.05, 3.63) is 18.3 Å². The summed E-state index contributed by atoms with van der Waals surface area (Å²) >= 11 is 0. The SMILES string of the molecule is CN(C1CCCN(c2ccc(N3CCCCC3=O)cn2)C1=O)S(C)(=O)=O. The van der Waals surface area contributed by atoms with Crippen molar-refractivity contribution in [3.8, 4) is 0 Å². The van der Waals surface area contributed by atoms with Crippen LogP contribution in [0.1, 0.15) is 32.1 Å². The zero-order valence-electron chi connectivity index (χ0n) is 15.1. The van der Waals surface area contributed by atoms with Crippen molar-refractivity contribution in [3.63, 3.8) is 0 Å². The van der Waals surface area contributed by atoms with E-state index in [1.165, 1.54) is 11.9 Å². The Morgan fingerprint density at radius 1 is 1.12 bits per heavy atom. The molecule has 26 heavy (non-hydrogen) atoms. The number of rotatable bonds is 4. The van der Waals surface area contributed by atoms with Gasteiger partial charge >= 0.3 is 0 Å². The van der Waals surface area contributed by atoms with Gasteiger partial charge in [-0.1, -0.05) is 0 Å². The Balaban J connectivity index is 1.78. The number of nitrogens with zero attached hydrogens (tertiary/aromatic N) is 4. The minimum atomic E-state index is -3.45. The summed E-state index contributed by atoms with van der Waals surface area (Å²) in [5.41, 5.74) is 0.729. The highest BCUT2D eigenvalue weighted by Crippen LogP contribution is 2.26. The second-order valence-corrected chi connectivity index (χ2v) is 8.85. The Morgan fingerprint density at radius 3 is 2.46 bits per heavy atom. The summed E-state index contributed by atoms with van der Waals surface area (Å²) in [5, 5.41) is 0. The molecule has 0 aromatic carbocycles. The molecule has 1 aromatic rings. The van der Waals surface area contributed by atoms with E-state index in [4.69, 9.17) is 0 Å². The topological polar surface area (TPSA) is 90.9 Å². The first-order valence-electron chi connectivity index (χ1n) is 8.80. The van der Waals surface area contributed by atoms with E-state index in [9.17, 15) is 18.0 Å². The first-order chi connectivity index (χ1) is 12.3.